The average Bonchev–Trinajstić information content (AvgIpc) is 3.38. The van der Waals surface area contributed by atoms with Crippen LogP contribution < -0.4 is 15.5 Å². The molecule has 3 N–H and O–H groups in total. The SMILES string of the molecule is CCNC(=NCc1ccc(N2CCCC2=O)cc1)NCCc1c[nH]c2cc(F)ccc12.I. The number of rotatable bonds is 7. The quantitative estimate of drug-likeness (QED) is 0.233. The highest BCUT2D eigenvalue weighted by Gasteiger charge is 2.21. The summed E-state index contributed by atoms with van der Waals surface area (Å²) in [6.45, 7) is 4.87. The number of H-pyrrole nitrogens is 1. The number of aromatic nitrogens is 1. The highest BCUT2D eigenvalue weighted by Crippen LogP contribution is 2.22. The number of fused-ring (bicyclic) bond motifs is 1. The highest BCUT2D eigenvalue weighted by atomic mass is 127. The predicted octanol–water partition coefficient (Wildman–Crippen LogP) is 4.35. The van der Waals surface area contributed by atoms with E-state index in [9.17, 15) is 9.18 Å². The Morgan fingerprint density at radius 1 is 1.19 bits per heavy atom. The van der Waals surface area contributed by atoms with Crippen LogP contribution in [-0.4, -0.2) is 36.5 Å². The lowest BCUT2D eigenvalue weighted by Gasteiger charge is -2.16. The van der Waals surface area contributed by atoms with Crippen LogP contribution in [0.5, 0.6) is 0 Å². The van der Waals surface area contributed by atoms with E-state index in [1.54, 1.807) is 0 Å². The van der Waals surface area contributed by atoms with Crippen LogP contribution in [-0.2, 0) is 17.8 Å². The standard InChI is InChI=1S/C24H28FN5O.HI/c1-2-26-24(27-12-11-18-16-28-22-14-19(25)7-10-21(18)22)29-15-17-5-8-20(9-6-17)30-13-3-4-23(30)31;/h5-10,14,16,28H,2-4,11-13,15H2,1H3,(H2,26,27,29);1H. The third-order valence-electron chi connectivity index (χ3n) is 5.50. The molecule has 6 nitrogen and oxygen atoms in total. The fourth-order valence-electron chi connectivity index (χ4n) is 3.90. The van der Waals surface area contributed by atoms with E-state index in [1.165, 1.54) is 12.1 Å². The monoisotopic (exact) mass is 549 g/mol. The molecule has 0 radical (unpaired) electrons. The average molecular weight is 549 g/mol. The van der Waals surface area contributed by atoms with Gasteiger partial charge in [0.2, 0.25) is 5.91 Å². The first-order valence-electron chi connectivity index (χ1n) is 10.8. The molecule has 0 spiro atoms. The van der Waals surface area contributed by atoms with Gasteiger partial charge in [-0.15, -0.1) is 24.0 Å². The number of carbonyl (C=O) groups excluding carboxylic acids is 1. The molecule has 32 heavy (non-hydrogen) atoms. The number of guanidine groups is 1. The molecule has 1 saturated heterocycles. The number of anilines is 1. The van der Waals surface area contributed by atoms with Crippen molar-refractivity contribution in [3.05, 3.63) is 65.6 Å². The van der Waals surface area contributed by atoms with Crippen molar-refractivity contribution in [3.63, 3.8) is 0 Å². The molecule has 1 aromatic heterocycles. The van der Waals surface area contributed by atoms with Gasteiger partial charge in [-0.2, -0.15) is 0 Å². The van der Waals surface area contributed by atoms with Gasteiger partial charge >= 0.3 is 0 Å². The molecular weight excluding hydrogens is 520 g/mol. The molecule has 0 aliphatic carbocycles. The molecule has 4 rings (SSSR count). The van der Waals surface area contributed by atoms with Crippen LogP contribution in [0.4, 0.5) is 10.1 Å². The number of aliphatic imine (C=N–C) groups is 1. The van der Waals surface area contributed by atoms with Gasteiger partial charge in [-0.1, -0.05) is 12.1 Å². The lowest BCUT2D eigenvalue weighted by molar-refractivity contribution is -0.117. The number of halogens is 2. The van der Waals surface area contributed by atoms with E-state index in [-0.39, 0.29) is 35.7 Å². The number of carbonyl (C=O) groups is 1. The minimum atomic E-state index is -0.236. The zero-order valence-corrected chi connectivity index (χ0v) is 20.5. The zero-order chi connectivity index (χ0) is 21.6. The Balaban J connectivity index is 0.00000289. The summed E-state index contributed by atoms with van der Waals surface area (Å²) in [5.74, 6) is 0.720. The fourth-order valence-corrected chi connectivity index (χ4v) is 3.90. The summed E-state index contributed by atoms with van der Waals surface area (Å²) in [5, 5.41) is 7.68. The molecule has 1 fully saturated rings. The molecule has 1 aliphatic heterocycles. The van der Waals surface area contributed by atoms with Crippen LogP contribution in [0.2, 0.25) is 0 Å². The van der Waals surface area contributed by atoms with Crippen molar-refractivity contribution in [1.29, 1.82) is 0 Å². The van der Waals surface area contributed by atoms with Crippen molar-refractivity contribution in [2.24, 2.45) is 4.99 Å². The Hall–Kier alpha value is -2.62. The largest absolute Gasteiger partial charge is 0.361 e. The summed E-state index contributed by atoms with van der Waals surface area (Å²) in [5.41, 5.74) is 4.00. The molecule has 1 aliphatic rings. The molecule has 1 amide bonds. The number of benzene rings is 2. The molecular formula is C24H29FIN5O. The van der Waals surface area contributed by atoms with Crippen molar-refractivity contribution in [2.45, 2.75) is 32.7 Å². The van der Waals surface area contributed by atoms with Gasteiger partial charge in [-0.3, -0.25) is 4.79 Å². The summed E-state index contributed by atoms with van der Waals surface area (Å²) in [7, 11) is 0. The second kappa shape index (κ2) is 11.3. The molecule has 2 aromatic carbocycles. The normalized spacial score (nSPS) is 14.0. The summed E-state index contributed by atoms with van der Waals surface area (Å²) < 4.78 is 13.4. The first kappa shape index (κ1) is 24.0. The second-order valence-corrected chi connectivity index (χ2v) is 7.69. The molecule has 3 aromatic rings. The number of amides is 1. The van der Waals surface area contributed by atoms with E-state index >= 15 is 0 Å². The van der Waals surface area contributed by atoms with E-state index in [0.29, 0.717) is 19.5 Å². The van der Waals surface area contributed by atoms with Crippen molar-refractivity contribution in [2.75, 3.05) is 24.5 Å². The minimum Gasteiger partial charge on any atom is -0.361 e. The number of hydrogen-bond acceptors (Lipinski definition) is 2. The lowest BCUT2D eigenvalue weighted by Crippen LogP contribution is -2.38. The lowest BCUT2D eigenvalue weighted by atomic mass is 10.1. The van der Waals surface area contributed by atoms with Crippen molar-refractivity contribution < 1.29 is 9.18 Å². The fraction of sp³-hybridized carbons (Fsp3) is 0.333. The number of aromatic amines is 1. The van der Waals surface area contributed by atoms with Gasteiger partial charge in [0.05, 0.1) is 6.54 Å². The summed E-state index contributed by atoms with van der Waals surface area (Å²) in [6.07, 6.45) is 4.30. The van der Waals surface area contributed by atoms with Crippen molar-refractivity contribution in [3.8, 4) is 0 Å². The van der Waals surface area contributed by atoms with Gasteiger partial charge in [-0.25, -0.2) is 9.38 Å². The number of nitrogens with one attached hydrogen (secondary N) is 3. The van der Waals surface area contributed by atoms with Gasteiger partial charge in [0, 0.05) is 48.8 Å². The van der Waals surface area contributed by atoms with Crippen LogP contribution >= 0.6 is 24.0 Å². The summed E-state index contributed by atoms with van der Waals surface area (Å²) >= 11 is 0. The Morgan fingerprint density at radius 3 is 2.72 bits per heavy atom. The van der Waals surface area contributed by atoms with Crippen molar-refractivity contribution >= 4 is 52.4 Å². The maximum Gasteiger partial charge on any atom is 0.227 e. The van der Waals surface area contributed by atoms with Crippen LogP contribution in [0.1, 0.15) is 30.9 Å². The van der Waals surface area contributed by atoms with Gasteiger partial charge in [0.25, 0.3) is 0 Å². The van der Waals surface area contributed by atoms with Crippen LogP contribution in [0, 0.1) is 5.82 Å². The maximum atomic E-state index is 13.4. The molecule has 8 heteroatoms. The van der Waals surface area contributed by atoms with Gasteiger partial charge in [0.1, 0.15) is 5.82 Å². The van der Waals surface area contributed by atoms with Crippen LogP contribution in [0.3, 0.4) is 0 Å². The van der Waals surface area contributed by atoms with E-state index in [1.807, 2.05) is 48.4 Å². The van der Waals surface area contributed by atoms with Gasteiger partial charge in [-0.05, 0) is 61.2 Å². The van der Waals surface area contributed by atoms with Crippen LogP contribution in [0.25, 0.3) is 10.9 Å². The summed E-state index contributed by atoms with van der Waals surface area (Å²) in [4.78, 5) is 21.5. The Labute approximate surface area is 204 Å². The first-order chi connectivity index (χ1) is 15.1. The maximum absolute atomic E-state index is 13.4. The Bertz CT molecular complexity index is 1080. The molecule has 2 heterocycles. The van der Waals surface area contributed by atoms with Crippen molar-refractivity contribution in [1.82, 2.24) is 15.6 Å². The number of hydrogen-bond donors (Lipinski definition) is 3. The molecule has 0 bridgehead atoms. The van der Waals surface area contributed by atoms with E-state index < -0.39 is 0 Å². The smallest absolute Gasteiger partial charge is 0.227 e. The van der Waals surface area contributed by atoms with E-state index in [4.69, 9.17) is 0 Å². The minimum absolute atomic E-state index is 0. The van der Waals surface area contributed by atoms with Crippen LogP contribution in [0.15, 0.2) is 53.7 Å². The van der Waals surface area contributed by atoms with Gasteiger partial charge in [0.15, 0.2) is 5.96 Å². The third-order valence-corrected chi connectivity index (χ3v) is 5.50. The first-order valence-corrected chi connectivity index (χ1v) is 10.8. The molecule has 0 atom stereocenters. The van der Waals surface area contributed by atoms with Gasteiger partial charge < -0.3 is 20.5 Å². The molecule has 0 saturated carbocycles. The highest BCUT2D eigenvalue weighted by molar-refractivity contribution is 14.0. The summed E-state index contributed by atoms with van der Waals surface area (Å²) in [6, 6.07) is 12.9. The number of nitrogens with zero attached hydrogens (tertiary/aromatic N) is 2. The zero-order valence-electron chi connectivity index (χ0n) is 18.2. The van der Waals surface area contributed by atoms with E-state index in [2.05, 4.69) is 20.6 Å². The molecule has 170 valence electrons. The molecule has 0 unspecified atom stereocenters. The van der Waals surface area contributed by atoms with E-state index in [0.717, 1.165) is 59.6 Å². The predicted molar refractivity (Wildman–Crippen MR) is 138 cm³/mol. The third kappa shape index (κ3) is 5.79. The topological polar surface area (TPSA) is 72.5 Å². The Kier molecular flexibility index (Phi) is 8.49. The Morgan fingerprint density at radius 2 is 2.00 bits per heavy atom. The second-order valence-electron chi connectivity index (χ2n) is 7.69.